The number of rotatable bonds is 2. The minimum atomic E-state index is -0.219. The molecule has 4 nitrogen and oxygen atoms in total. The van der Waals surface area contributed by atoms with Gasteiger partial charge in [0.05, 0.1) is 6.26 Å². The van der Waals surface area contributed by atoms with Gasteiger partial charge in [-0.1, -0.05) is 0 Å². The van der Waals surface area contributed by atoms with E-state index in [-0.39, 0.29) is 5.91 Å². The monoisotopic (exact) mass is 242 g/mol. The lowest BCUT2D eigenvalue weighted by molar-refractivity contribution is 0.0996. The van der Waals surface area contributed by atoms with E-state index in [0.29, 0.717) is 5.76 Å². The number of anilines is 2. The molecule has 0 saturated heterocycles. The van der Waals surface area contributed by atoms with Crippen LogP contribution in [0, 0.1) is 0 Å². The summed E-state index contributed by atoms with van der Waals surface area (Å²) in [4.78, 5) is 11.8. The first-order valence-corrected chi connectivity index (χ1v) is 6.04. The van der Waals surface area contributed by atoms with Crippen molar-refractivity contribution in [1.82, 2.24) is 0 Å². The molecule has 3 rings (SSSR count). The largest absolute Gasteiger partial charge is 0.459 e. The molecule has 0 aliphatic carbocycles. The topological polar surface area (TPSA) is 54.3 Å². The quantitative estimate of drug-likeness (QED) is 0.851. The highest BCUT2D eigenvalue weighted by Crippen LogP contribution is 2.25. The molecule has 2 aromatic rings. The minimum Gasteiger partial charge on any atom is -0.459 e. The lowest BCUT2D eigenvalue weighted by Gasteiger charge is -2.18. The summed E-state index contributed by atoms with van der Waals surface area (Å²) in [6.07, 6.45) is 3.67. The van der Waals surface area contributed by atoms with Crippen LogP contribution < -0.4 is 10.6 Å². The first-order chi connectivity index (χ1) is 8.83. The van der Waals surface area contributed by atoms with Crippen LogP contribution in [-0.4, -0.2) is 12.5 Å². The number of nitrogens with one attached hydrogen (secondary N) is 2. The van der Waals surface area contributed by atoms with Crippen LogP contribution in [0.4, 0.5) is 11.4 Å². The number of carbonyl (C=O) groups excluding carboxylic acids is 1. The van der Waals surface area contributed by atoms with Gasteiger partial charge in [-0.2, -0.15) is 0 Å². The van der Waals surface area contributed by atoms with Gasteiger partial charge in [0, 0.05) is 17.9 Å². The van der Waals surface area contributed by atoms with Gasteiger partial charge < -0.3 is 15.1 Å². The summed E-state index contributed by atoms with van der Waals surface area (Å²) in [7, 11) is 0. The van der Waals surface area contributed by atoms with Gasteiger partial charge in [0.2, 0.25) is 0 Å². The number of amides is 1. The van der Waals surface area contributed by atoms with Gasteiger partial charge in [0.25, 0.3) is 5.91 Å². The maximum absolute atomic E-state index is 11.8. The van der Waals surface area contributed by atoms with Crippen LogP contribution >= 0.6 is 0 Å². The number of furan rings is 1. The molecule has 1 amide bonds. The zero-order valence-corrected chi connectivity index (χ0v) is 9.90. The van der Waals surface area contributed by atoms with Crippen molar-refractivity contribution in [3.8, 4) is 0 Å². The zero-order valence-electron chi connectivity index (χ0n) is 9.90. The third kappa shape index (κ3) is 2.09. The van der Waals surface area contributed by atoms with Crippen LogP contribution in [0.1, 0.15) is 22.5 Å². The second-order valence-electron chi connectivity index (χ2n) is 4.33. The Morgan fingerprint density at radius 1 is 1.33 bits per heavy atom. The number of carbonyl (C=O) groups is 1. The summed E-state index contributed by atoms with van der Waals surface area (Å²) < 4.78 is 5.06. The normalized spacial score (nSPS) is 13.6. The Labute approximate surface area is 105 Å². The first kappa shape index (κ1) is 10.9. The molecule has 2 N–H and O–H groups in total. The molecule has 92 valence electrons. The molecule has 2 heterocycles. The van der Waals surface area contributed by atoms with E-state index in [2.05, 4.69) is 10.6 Å². The smallest absolute Gasteiger partial charge is 0.291 e. The fourth-order valence-corrected chi connectivity index (χ4v) is 2.15. The van der Waals surface area contributed by atoms with Crippen molar-refractivity contribution < 1.29 is 9.21 Å². The Bertz CT molecular complexity index is 561. The highest BCUT2D eigenvalue weighted by Gasteiger charge is 2.12. The van der Waals surface area contributed by atoms with E-state index in [1.54, 1.807) is 12.1 Å². The third-order valence-corrected chi connectivity index (χ3v) is 3.05. The van der Waals surface area contributed by atoms with Crippen LogP contribution in [-0.2, 0) is 6.42 Å². The molecule has 0 saturated carbocycles. The van der Waals surface area contributed by atoms with Crippen molar-refractivity contribution in [3.05, 3.63) is 47.9 Å². The van der Waals surface area contributed by atoms with Gasteiger partial charge >= 0.3 is 0 Å². The Kier molecular flexibility index (Phi) is 2.76. The average molecular weight is 242 g/mol. The Balaban J connectivity index is 1.79. The van der Waals surface area contributed by atoms with Gasteiger partial charge in [0.1, 0.15) is 0 Å². The van der Waals surface area contributed by atoms with E-state index in [1.807, 2.05) is 18.2 Å². The van der Waals surface area contributed by atoms with Gasteiger partial charge in [-0.3, -0.25) is 4.79 Å². The number of aryl methyl sites for hydroxylation is 1. The standard InChI is InChI=1S/C14H14N2O2/c17-14(13-4-2-8-18-13)16-11-5-6-12-10(9-11)3-1-7-15-12/h2,4-6,8-9,15H,1,3,7H2,(H,16,17). The SMILES string of the molecule is O=C(Nc1ccc2c(c1)CCCN2)c1ccco1. The number of hydrogen-bond donors (Lipinski definition) is 2. The first-order valence-electron chi connectivity index (χ1n) is 6.04. The number of hydrogen-bond acceptors (Lipinski definition) is 3. The van der Waals surface area contributed by atoms with Crippen LogP contribution in [0.25, 0.3) is 0 Å². The maximum Gasteiger partial charge on any atom is 0.291 e. The molecule has 0 atom stereocenters. The van der Waals surface area contributed by atoms with Gasteiger partial charge in [-0.05, 0) is 48.7 Å². The third-order valence-electron chi connectivity index (χ3n) is 3.05. The fourth-order valence-electron chi connectivity index (χ4n) is 2.15. The number of benzene rings is 1. The zero-order chi connectivity index (χ0) is 12.4. The van der Waals surface area contributed by atoms with Crippen LogP contribution in [0.5, 0.6) is 0 Å². The van der Waals surface area contributed by atoms with Crippen molar-refractivity contribution in [2.75, 3.05) is 17.2 Å². The molecule has 0 fully saturated rings. The summed E-state index contributed by atoms with van der Waals surface area (Å²) in [5, 5.41) is 6.17. The molecule has 1 aliphatic heterocycles. The highest BCUT2D eigenvalue weighted by molar-refractivity contribution is 6.02. The van der Waals surface area contributed by atoms with E-state index >= 15 is 0 Å². The second kappa shape index (κ2) is 4.56. The summed E-state index contributed by atoms with van der Waals surface area (Å²) in [6.45, 7) is 1.02. The van der Waals surface area contributed by atoms with Crippen LogP contribution in [0.2, 0.25) is 0 Å². The molecule has 0 bridgehead atoms. The van der Waals surface area contributed by atoms with Gasteiger partial charge in [-0.25, -0.2) is 0 Å². The van der Waals surface area contributed by atoms with Crippen molar-refractivity contribution in [3.63, 3.8) is 0 Å². The molecule has 1 aromatic carbocycles. The summed E-state index contributed by atoms with van der Waals surface area (Å²) in [5.74, 6) is 0.106. The molecule has 0 radical (unpaired) electrons. The minimum absolute atomic E-state index is 0.219. The molecule has 0 spiro atoms. The highest BCUT2D eigenvalue weighted by atomic mass is 16.3. The van der Waals surface area contributed by atoms with E-state index in [9.17, 15) is 4.79 Å². The predicted octanol–water partition coefficient (Wildman–Crippen LogP) is 2.89. The molecular formula is C14H14N2O2. The second-order valence-corrected chi connectivity index (χ2v) is 4.33. The van der Waals surface area contributed by atoms with Crippen molar-refractivity contribution in [2.24, 2.45) is 0 Å². The fraction of sp³-hybridized carbons (Fsp3) is 0.214. The summed E-state index contributed by atoms with van der Waals surface area (Å²) in [6, 6.07) is 9.27. The lowest BCUT2D eigenvalue weighted by atomic mass is 10.0. The van der Waals surface area contributed by atoms with Crippen molar-refractivity contribution in [2.45, 2.75) is 12.8 Å². The lowest BCUT2D eigenvalue weighted by Crippen LogP contribution is -2.14. The molecule has 18 heavy (non-hydrogen) atoms. The van der Waals surface area contributed by atoms with Gasteiger partial charge in [-0.15, -0.1) is 0 Å². The van der Waals surface area contributed by atoms with Crippen LogP contribution in [0.3, 0.4) is 0 Å². The van der Waals surface area contributed by atoms with Crippen LogP contribution in [0.15, 0.2) is 41.0 Å². The van der Waals surface area contributed by atoms with Crippen molar-refractivity contribution in [1.29, 1.82) is 0 Å². The molecular weight excluding hydrogens is 228 g/mol. The molecule has 1 aliphatic rings. The summed E-state index contributed by atoms with van der Waals surface area (Å²) >= 11 is 0. The molecule has 1 aromatic heterocycles. The molecule has 4 heteroatoms. The Morgan fingerprint density at radius 2 is 2.28 bits per heavy atom. The Morgan fingerprint density at radius 3 is 3.11 bits per heavy atom. The number of fused-ring (bicyclic) bond motifs is 1. The van der Waals surface area contributed by atoms with E-state index in [0.717, 1.165) is 30.8 Å². The van der Waals surface area contributed by atoms with E-state index in [4.69, 9.17) is 4.42 Å². The summed E-state index contributed by atoms with van der Waals surface area (Å²) in [5.41, 5.74) is 3.22. The predicted molar refractivity (Wildman–Crippen MR) is 69.9 cm³/mol. The molecule has 0 unspecified atom stereocenters. The maximum atomic E-state index is 11.8. The van der Waals surface area contributed by atoms with E-state index < -0.39 is 0 Å². The van der Waals surface area contributed by atoms with Crippen molar-refractivity contribution >= 4 is 17.3 Å². The van der Waals surface area contributed by atoms with Gasteiger partial charge in [0.15, 0.2) is 5.76 Å². The Hall–Kier alpha value is -2.23. The average Bonchev–Trinajstić information content (AvgIpc) is 2.92. The van der Waals surface area contributed by atoms with E-state index in [1.165, 1.54) is 11.8 Å².